The van der Waals surface area contributed by atoms with Crippen molar-refractivity contribution in [2.24, 2.45) is 0 Å². The molecule has 0 bridgehead atoms. The number of anilines is 2. The van der Waals surface area contributed by atoms with Gasteiger partial charge in [0.25, 0.3) is 0 Å². The molecule has 1 amide bonds. The van der Waals surface area contributed by atoms with Crippen LogP contribution in [0.4, 0.5) is 11.6 Å². The lowest BCUT2D eigenvalue weighted by molar-refractivity contribution is -0.121. The number of hydrogen-bond donors (Lipinski definition) is 2. The van der Waals surface area contributed by atoms with Crippen LogP contribution in [-0.4, -0.2) is 20.4 Å². The highest BCUT2D eigenvalue weighted by atomic mass is 16.1. The first-order chi connectivity index (χ1) is 16.7. The van der Waals surface area contributed by atoms with Crippen molar-refractivity contribution in [2.75, 3.05) is 5.32 Å². The molecule has 0 saturated carbocycles. The third-order valence-corrected chi connectivity index (χ3v) is 5.67. The fraction of sp³-hybridized carbons (Fsp3) is 0.107. The minimum atomic E-state index is -0.0292. The second-order valence-corrected chi connectivity index (χ2v) is 8.20. The zero-order chi connectivity index (χ0) is 23.3. The molecule has 2 N–H and O–H groups in total. The van der Waals surface area contributed by atoms with Gasteiger partial charge in [0.15, 0.2) is 0 Å². The van der Waals surface area contributed by atoms with Crippen molar-refractivity contribution >= 4 is 28.4 Å². The Morgan fingerprint density at radius 1 is 0.941 bits per heavy atom. The van der Waals surface area contributed by atoms with Crippen molar-refractivity contribution in [3.63, 3.8) is 0 Å². The molecular weight excluding hydrogens is 422 g/mol. The molecule has 0 radical (unpaired) electrons. The van der Waals surface area contributed by atoms with Gasteiger partial charge < -0.3 is 15.2 Å². The molecule has 2 heterocycles. The summed E-state index contributed by atoms with van der Waals surface area (Å²) in [6.45, 7) is 2.82. The van der Waals surface area contributed by atoms with Crippen molar-refractivity contribution < 1.29 is 4.79 Å². The molecule has 6 heteroatoms. The molecular formula is C28H25N5O. The van der Waals surface area contributed by atoms with Gasteiger partial charge in [-0.3, -0.25) is 4.79 Å². The largest absolute Gasteiger partial charge is 0.350 e. The maximum Gasteiger partial charge on any atom is 0.240 e. The molecule has 3 aromatic carbocycles. The molecule has 5 aromatic rings. The van der Waals surface area contributed by atoms with Gasteiger partial charge in [0.1, 0.15) is 6.54 Å². The van der Waals surface area contributed by atoms with E-state index in [2.05, 4.69) is 34.7 Å². The lowest BCUT2D eigenvalue weighted by Gasteiger charge is -2.10. The van der Waals surface area contributed by atoms with Crippen LogP contribution in [-0.2, 0) is 17.9 Å². The van der Waals surface area contributed by atoms with Crippen LogP contribution in [0.15, 0.2) is 97.3 Å². The number of rotatable bonds is 7. The van der Waals surface area contributed by atoms with Crippen LogP contribution < -0.4 is 10.6 Å². The first-order valence-electron chi connectivity index (χ1n) is 11.2. The maximum atomic E-state index is 12.6. The van der Waals surface area contributed by atoms with Gasteiger partial charge >= 0.3 is 0 Å². The van der Waals surface area contributed by atoms with Crippen LogP contribution in [0, 0.1) is 6.92 Å². The zero-order valence-corrected chi connectivity index (χ0v) is 18.9. The summed E-state index contributed by atoms with van der Waals surface area (Å²) in [5.74, 6) is 0.512. The second kappa shape index (κ2) is 9.58. The molecule has 0 atom stereocenters. The Kier molecular flexibility index (Phi) is 6.03. The number of nitrogens with one attached hydrogen (secondary N) is 2. The van der Waals surface area contributed by atoms with Gasteiger partial charge in [-0.05, 0) is 48.4 Å². The van der Waals surface area contributed by atoms with E-state index < -0.39 is 0 Å². The van der Waals surface area contributed by atoms with Crippen molar-refractivity contribution in [1.29, 1.82) is 0 Å². The number of carbonyl (C=O) groups excluding carboxylic acids is 1. The van der Waals surface area contributed by atoms with E-state index in [1.807, 2.05) is 83.6 Å². The van der Waals surface area contributed by atoms with E-state index >= 15 is 0 Å². The summed E-state index contributed by atoms with van der Waals surface area (Å²) >= 11 is 0. The van der Waals surface area contributed by atoms with Gasteiger partial charge in [-0.2, -0.15) is 0 Å². The monoisotopic (exact) mass is 447 g/mol. The number of benzene rings is 3. The smallest absolute Gasteiger partial charge is 0.240 e. The molecule has 0 fully saturated rings. The van der Waals surface area contributed by atoms with Crippen LogP contribution in [0.2, 0.25) is 0 Å². The summed E-state index contributed by atoms with van der Waals surface area (Å²) in [7, 11) is 0. The highest BCUT2D eigenvalue weighted by molar-refractivity contribution is 5.95. The van der Waals surface area contributed by atoms with E-state index in [1.54, 1.807) is 6.20 Å². The number of aryl methyl sites for hydroxylation is 1. The number of hydrogen-bond acceptors (Lipinski definition) is 4. The van der Waals surface area contributed by atoms with Crippen LogP contribution in [0.5, 0.6) is 0 Å². The predicted molar refractivity (Wildman–Crippen MR) is 136 cm³/mol. The molecule has 2 aromatic heterocycles. The topological polar surface area (TPSA) is 71.8 Å². The first kappa shape index (κ1) is 21.4. The number of aromatic nitrogens is 3. The third kappa shape index (κ3) is 4.81. The molecule has 34 heavy (non-hydrogen) atoms. The fourth-order valence-corrected chi connectivity index (χ4v) is 4.01. The number of carbonyl (C=O) groups is 1. The Labute approximate surface area is 198 Å². The van der Waals surface area contributed by atoms with Gasteiger partial charge in [0.05, 0.1) is 5.69 Å². The highest BCUT2D eigenvalue weighted by Gasteiger charge is 2.12. The van der Waals surface area contributed by atoms with Crippen molar-refractivity contribution in [1.82, 2.24) is 19.9 Å². The molecule has 0 saturated heterocycles. The Morgan fingerprint density at radius 2 is 1.79 bits per heavy atom. The predicted octanol–water partition coefficient (Wildman–Crippen LogP) is 5.47. The van der Waals surface area contributed by atoms with Crippen LogP contribution in [0.25, 0.3) is 22.2 Å². The molecule has 0 aliphatic heterocycles. The minimum absolute atomic E-state index is 0.0292. The summed E-state index contributed by atoms with van der Waals surface area (Å²) in [4.78, 5) is 21.7. The van der Waals surface area contributed by atoms with E-state index in [1.165, 1.54) is 5.56 Å². The Balaban J connectivity index is 1.36. The van der Waals surface area contributed by atoms with Gasteiger partial charge in [0, 0.05) is 41.1 Å². The number of amides is 1. The molecule has 0 aliphatic rings. The van der Waals surface area contributed by atoms with Gasteiger partial charge in [-0.15, -0.1) is 0 Å². The first-order valence-corrected chi connectivity index (χ1v) is 11.2. The molecule has 6 nitrogen and oxygen atoms in total. The molecule has 0 spiro atoms. The lowest BCUT2D eigenvalue weighted by Crippen LogP contribution is -2.26. The van der Waals surface area contributed by atoms with Crippen LogP contribution >= 0.6 is 0 Å². The summed E-state index contributed by atoms with van der Waals surface area (Å²) in [5.41, 5.74) is 5.99. The zero-order valence-electron chi connectivity index (χ0n) is 18.9. The molecule has 0 aliphatic carbocycles. The van der Waals surface area contributed by atoms with Crippen molar-refractivity contribution in [3.8, 4) is 11.3 Å². The molecule has 0 unspecified atom stereocenters. The fourth-order valence-electron chi connectivity index (χ4n) is 4.01. The summed E-state index contributed by atoms with van der Waals surface area (Å²) in [6.07, 6.45) is 3.71. The van der Waals surface area contributed by atoms with E-state index in [0.29, 0.717) is 12.5 Å². The number of fused-ring (bicyclic) bond motifs is 1. The van der Waals surface area contributed by atoms with Gasteiger partial charge in [-0.1, -0.05) is 54.6 Å². The average Bonchev–Trinajstić information content (AvgIpc) is 3.26. The van der Waals surface area contributed by atoms with Crippen LogP contribution in [0.3, 0.4) is 0 Å². The Morgan fingerprint density at radius 3 is 2.65 bits per heavy atom. The number of nitrogens with zero attached hydrogens (tertiary/aromatic N) is 3. The highest BCUT2D eigenvalue weighted by Crippen LogP contribution is 2.29. The normalized spacial score (nSPS) is 10.9. The van der Waals surface area contributed by atoms with Crippen molar-refractivity contribution in [3.05, 3.63) is 108 Å². The Bertz CT molecular complexity index is 1440. The third-order valence-electron chi connectivity index (χ3n) is 5.67. The summed E-state index contributed by atoms with van der Waals surface area (Å²) in [6, 6.07) is 28.0. The lowest BCUT2D eigenvalue weighted by atomic mass is 10.1. The SMILES string of the molecule is Cc1cccc(Nc2nccc(-c3cccc4c3ccn4CC(=O)NCc3ccccc3)n2)c1. The molecule has 168 valence electrons. The summed E-state index contributed by atoms with van der Waals surface area (Å²) in [5, 5.41) is 7.32. The molecule has 5 rings (SSSR count). The average molecular weight is 448 g/mol. The van der Waals surface area contributed by atoms with Gasteiger partial charge in [0.2, 0.25) is 11.9 Å². The van der Waals surface area contributed by atoms with E-state index in [0.717, 1.165) is 33.4 Å². The van der Waals surface area contributed by atoms with Crippen LogP contribution in [0.1, 0.15) is 11.1 Å². The quantitative estimate of drug-likeness (QED) is 0.347. The van der Waals surface area contributed by atoms with E-state index in [-0.39, 0.29) is 12.5 Å². The van der Waals surface area contributed by atoms with E-state index in [9.17, 15) is 4.79 Å². The Hall–Kier alpha value is -4.45. The minimum Gasteiger partial charge on any atom is -0.350 e. The van der Waals surface area contributed by atoms with Crippen molar-refractivity contribution in [2.45, 2.75) is 20.0 Å². The standard InChI is InChI=1S/C28H25N5O/c1-20-7-5-10-22(17-20)31-28-29-15-13-25(32-28)23-11-6-12-26-24(23)14-16-33(26)19-27(34)30-18-21-8-3-2-4-9-21/h2-17H,18-19H2,1H3,(H,30,34)(H,29,31,32). The maximum absolute atomic E-state index is 12.6. The van der Waals surface area contributed by atoms with E-state index in [4.69, 9.17) is 4.98 Å². The summed E-state index contributed by atoms with van der Waals surface area (Å²) < 4.78 is 1.96. The second-order valence-electron chi connectivity index (χ2n) is 8.20. The van der Waals surface area contributed by atoms with Gasteiger partial charge in [-0.25, -0.2) is 9.97 Å².